The molecule has 2 rings (SSSR count). The predicted molar refractivity (Wildman–Crippen MR) is 109 cm³/mol. The highest BCUT2D eigenvalue weighted by Crippen LogP contribution is 2.24. The smallest absolute Gasteiger partial charge is 0.314 e. The van der Waals surface area contributed by atoms with Crippen LogP contribution in [0.2, 0.25) is 0 Å². The Labute approximate surface area is 162 Å². The first-order chi connectivity index (χ1) is 12.9. The molecule has 0 fully saturated rings. The molecule has 0 heterocycles. The Hall–Kier alpha value is -2.69. The first-order valence-electron chi connectivity index (χ1n) is 9.26. The summed E-state index contributed by atoms with van der Waals surface area (Å²) in [6.45, 7) is 7.98. The van der Waals surface area contributed by atoms with Crippen molar-refractivity contribution in [2.75, 3.05) is 26.8 Å². The number of amides is 2. The summed E-state index contributed by atoms with van der Waals surface area (Å²) in [7, 11) is 1.64. The molecular formula is C22H30N2O3. The van der Waals surface area contributed by atoms with Gasteiger partial charge in [0.2, 0.25) is 0 Å². The molecule has 27 heavy (non-hydrogen) atoms. The lowest BCUT2D eigenvalue weighted by molar-refractivity contribution is 0.236. The molecule has 2 amide bonds. The van der Waals surface area contributed by atoms with Gasteiger partial charge in [-0.05, 0) is 47.2 Å². The molecule has 2 aromatic rings. The minimum atomic E-state index is -0.190. The third-order valence-electron chi connectivity index (χ3n) is 4.21. The van der Waals surface area contributed by atoms with Crippen molar-refractivity contribution in [2.24, 2.45) is 0 Å². The number of hydrogen-bond acceptors (Lipinski definition) is 3. The number of carbonyl (C=O) groups is 1. The van der Waals surface area contributed by atoms with Gasteiger partial charge in [0.25, 0.3) is 0 Å². The average Bonchev–Trinajstić information content (AvgIpc) is 2.65. The maximum Gasteiger partial charge on any atom is 0.314 e. The third-order valence-corrected chi connectivity index (χ3v) is 4.21. The van der Waals surface area contributed by atoms with Gasteiger partial charge in [0.1, 0.15) is 18.1 Å². The molecule has 2 N–H and O–H groups in total. The number of ether oxygens (including phenoxy) is 2. The normalized spacial score (nSPS) is 11.0. The largest absolute Gasteiger partial charge is 0.497 e. The first kappa shape index (κ1) is 20.6. The molecule has 5 heteroatoms. The summed E-state index contributed by atoms with van der Waals surface area (Å²) in [5, 5.41) is 5.64. The van der Waals surface area contributed by atoms with Gasteiger partial charge in [-0.25, -0.2) is 4.79 Å². The SMILES string of the molecule is COc1cccc(CCNC(=O)NCCOc2ccc(C(C)(C)C)cc2)c1. The molecule has 0 aliphatic heterocycles. The maximum absolute atomic E-state index is 11.8. The highest BCUT2D eigenvalue weighted by molar-refractivity contribution is 5.73. The summed E-state index contributed by atoms with van der Waals surface area (Å²) >= 11 is 0. The standard InChI is InChI=1S/C22H30N2O3/c1-22(2,3)18-8-10-19(11-9-18)27-15-14-24-21(25)23-13-12-17-6-5-7-20(16-17)26-4/h5-11,16H,12-15H2,1-4H3,(H2,23,24,25). The molecule has 0 radical (unpaired) electrons. The second kappa shape index (κ2) is 9.86. The minimum Gasteiger partial charge on any atom is -0.497 e. The van der Waals surface area contributed by atoms with Crippen molar-refractivity contribution in [3.63, 3.8) is 0 Å². The molecule has 0 atom stereocenters. The second-order valence-corrected chi connectivity index (χ2v) is 7.41. The highest BCUT2D eigenvalue weighted by atomic mass is 16.5. The zero-order valence-corrected chi connectivity index (χ0v) is 16.7. The van der Waals surface area contributed by atoms with Crippen LogP contribution in [0.5, 0.6) is 11.5 Å². The Morgan fingerprint density at radius 1 is 0.963 bits per heavy atom. The van der Waals surface area contributed by atoms with Crippen LogP contribution < -0.4 is 20.1 Å². The Morgan fingerprint density at radius 3 is 2.33 bits per heavy atom. The number of benzene rings is 2. The van der Waals surface area contributed by atoms with Crippen LogP contribution in [0.4, 0.5) is 4.79 Å². The van der Waals surface area contributed by atoms with E-state index in [1.54, 1.807) is 7.11 Å². The average molecular weight is 370 g/mol. The van der Waals surface area contributed by atoms with E-state index in [-0.39, 0.29) is 11.4 Å². The van der Waals surface area contributed by atoms with E-state index in [9.17, 15) is 4.79 Å². The molecule has 0 aliphatic carbocycles. The third kappa shape index (κ3) is 7.21. The molecule has 0 aromatic heterocycles. The van der Waals surface area contributed by atoms with E-state index in [1.165, 1.54) is 5.56 Å². The van der Waals surface area contributed by atoms with Crippen molar-refractivity contribution in [3.05, 3.63) is 59.7 Å². The lowest BCUT2D eigenvalue weighted by atomic mass is 9.87. The zero-order chi connectivity index (χ0) is 19.7. The van der Waals surface area contributed by atoms with Crippen LogP contribution in [-0.4, -0.2) is 32.8 Å². The fourth-order valence-electron chi connectivity index (χ4n) is 2.60. The molecule has 146 valence electrons. The van der Waals surface area contributed by atoms with E-state index in [4.69, 9.17) is 9.47 Å². The Balaban J connectivity index is 1.62. The summed E-state index contributed by atoms with van der Waals surface area (Å²) in [5.74, 6) is 1.63. The van der Waals surface area contributed by atoms with Gasteiger partial charge in [-0.15, -0.1) is 0 Å². The topological polar surface area (TPSA) is 59.6 Å². The minimum absolute atomic E-state index is 0.128. The van der Waals surface area contributed by atoms with Crippen LogP contribution in [0.25, 0.3) is 0 Å². The summed E-state index contributed by atoms with van der Waals surface area (Å²) in [5.41, 5.74) is 2.52. The fraction of sp³-hybridized carbons (Fsp3) is 0.409. The van der Waals surface area contributed by atoms with Crippen LogP contribution in [0.3, 0.4) is 0 Å². The fourth-order valence-corrected chi connectivity index (χ4v) is 2.60. The lowest BCUT2D eigenvalue weighted by Gasteiger charge is -2.19. The second-order valence-electron chi connectivity index (χ2n) is 7.41. The molecule has 2 aromatic carbocycles. The van der Waals surface area contributed by atoms with Crippen molar-refractivity contribution in [2.45, 2.75) is 32.6 Å². The number of carbonyl (C=O) groups excluding carboxylic acids is 1. The first-order valence-corrected chi connectivity index (χ1v) is 9.26. The van der Waals surface area contributed by atoms with E-state index in [2.05, 4.69) is 43.5 Å². The van der Waals surface area contributed by atoms with Crippen LogP contribution >= 0.6 is 0 Å². The maximum atomic E-state index is 11.8. The van der Waals surface area contributed by atoms with Gasteiger partial charge in [-0.3, -0.25) is 0 Å². The van der Waals surface area contributed by atoms with E-state index in [1.807, 2.05) is 36.4 Å². The van der Waals surface area contributed by atoms with Gasteiger partial charge in [0.05, 0.1) is 13.7 Å². The van der Waals surface area contributed by atoms with E-state index in [0.29, 0.717) is 19.7 Å². The molecular weight excluding hydrogens is 340 g/mol. The zero-order valence-electron chi connectivity index (χ0n) is 16.7. The number of urea groups is 1. The van der Waals surface area contributed by atoms with Gasteiger partial charge in [0, 0.05) is 6.54 Å². The van der Waals surface area contributed by atoms with Crippen molar-refractivity contribution in [1.82, 2.24) is 10.6 Å². The Morgan fingerprint density at radius 2 is 1.67 bits per heavy atom. The highest BCUT2D eigenvalue weighted by Gasteiger charge is 2.12. The summed E-state index contributed by atoms with van der Waals surface area (Å²) in [6, 6.07) is 15.7. The number of rotatable bonds is 8. The molecule has 5 nitrogen and oxygen atoms in total. The summed E-state index contributed by atoms with van der Waals surface area (Å²) in [6.07, 6.45) is 0.751. The van der Waals surface area contributed by atoms with Crippen molar-refractivity contribution >= 4 is 6.03 Å². The predicted octanol–water partition coefficient (Wildman–Crippen LogP) is 3.91. The monoisotopic (exact) mass is 370 g/mol. The Kier molecular flexibility index (Phi) is 7.53. The van der Waals surface area contributed by atoms with Crippen LogP contribution in [-0.2, 0) is 11.8 Å². The molecule has 0 unspecified atom stereocenters. The number of nitrogens with one attached hydrogen (secondary N) is 2. The van der Waals surface area contributed by atoms with Crippen molar-refractivity contribution in [3.8, 4) is 11.5 Å². The molecule has 0 saturated heterocycles. The van der Waals surface area contributed by atoms with Crippen LogP contribution in [0, 0.1) is 0 Å². The van der Waals surface area contributed by atoms with Crippen LogP contribution in [0.1, 0.15) is 31.9 Å². The summed E-state index contributed by atoms with van der Waals surface area (Å²) < 4.78 is 10.9. The van der Waals surface area contributed by atoms with E-state index >= 15 is 0 Å². The van der Waals surface area contributed by atoms with E-state index < -0.39 is 0 Å². The van der Waals surface area contributed by atoms with Crippen molar-refractivity contribution < 1.29 is 14.3 Å². The van der Waals surface area contributed by atoms with Crippen LogP contribution in [0.15, 0.2) is 48.5 Å². The molecule has 0 spiro atoms. The van der Waals surface area contributed by atoms with Gasteiger partial charge < -0.3 is 20.1 Å². The molecule has 0 bridgehead atoms. The molecule has 0 aliphatic rings. The van der Waals surface area contributed by atoms with E-state index in [0.717, 1.165) is 23.5 Å². The van der Waals surface area contributed by atoms with Gasteiger partial charge in [-0.1, -0.05) is 45.0 Å². The molecule has 0 saturated carbocycles. The quantitative estimate of drug-likeness (QED) is 0.693. The lowest BCUT2D eigenvalue weighted by Crippen LogP contribution is -2.38. The summed E-state index contributed by atoms with van der Waals surface area (Å²) in [4.78, 5) is 11.8. The van der Waals surface area contributed by atoms with Gasteiger partial charge in [0.15, 0.2) is 0 Å². The van der Waals surface area contributed by atoms with Crippen molar-refractivity contribution in [1.29, 1.82) is 0 Å². The van der Waals surface area contributed by atoms with Gasteiger partial charge in [-0.2, -0.15) is 0 Å². The van der Waals surface area contributed by atoms with Gasteiger partial charge >= 0.3 is 6.03 Å². The Bertz CT molecular complexity index is 721. The number of hydrogen-bond donors (Lipinski definition) is 2. The number of methoxy groups -OCH3 is 1.